The number of fused-ring (bicyclic) bond motifs is 1. The van der Waals surface area contributed by atoms with Crippen molar-refractivity contribution in [2.45, 2.75) is 19.4 Å². The summed E-state index contributed by atoms with van der Waals surface area (Å²) >= 11 is 0. The smallest absolute Gasteiger partial charge is 0.250 e. The number of sulfonamides is 1. The third-order valence-corrected chi connectivity index (χ3v) is 5.62. The summed E-state index contributed by atoms with van der Waals surface area (Å²) in [6.45, 7) is 1.88. The molecular formula is C18H18F2N2O3S. The maximum atomic E-state index is 13.6. The van der Waals surface area contributed by atoms with Crippen LogP contribution in [0.5, 0.6) is 0 Å². The van der Waals surface area contributed by atoms with Gasteiger partial charge in [-0.15, -0.1) is 0 Å². The zero-order chi connectivity index (χ0) is 19.1. The molecule has 0 spiro atoms. The Kier molecular flexibility index (Phi) is 4.70. The minimum absolute atomic E-state index is 0.0975. The summed E-state index contributed by atoms with van der Waals surface area (Å²) in [6, 6.07) is 9.04. The third kappa shape index (κ3) is 3.29. The molecule has 2 aromatic rings. The van der Waals surface area contributed by atoms with Crippen LogP contribution in [0.25, 0.3) is 0 Å². The number of carbonyl (C=O) groups excluding carboxylic acids is 1. The van der Waals surface area contributed by atoms with Crippen LogP contribution in [0.1, 0.15) is 12.5 Å². The maximum absolute atomic E-state index is 13.6. The molecule has 2 aromatic carbocycles. The number of anilines is 2. The molecule has 138 valence electrons. The van der Waals surface area contributed by atoms with E-state index in [1.807, 2.05) is 12.1 Å². The normalized spacial score (nSPS) is 14.8. The molecule has 26 heavy (non-hydrogen) atoms. The van der Waals surface area contributed by atoms with Gasteiger partial charge in [0.15, 0.2) is 11.6 Å². The number of amides is 1. The van der Waals surface area contributed by atoms with Gasteiger partial charge in [-0.1, -0.05) is 18.2 Å². The molecule has 0 saturated heterocycles. The van der Waals surface area contributed by atoms with Crippen molar-refractivity contribution in [3.63, 3.8) is 0 Å². The molecule has 5 nitrogen and oxygen atoms in total. The molecule has 0 bridgehead atoms. The van der Waals surface area contributed by atoms with Gasteiger partial charge in [0.2, 0.25) is 10.0 Å². The van der Waals surface area contributed by atoms with Gasteiger partial charge in [-0.2, -0.15) is 0 Å². The Bertz CT molecular complexity index is 963. The Hall–Kier alpha value is -2.48. The second-order valence-corrected chi connectivity index (χ2v) is 8.06. The standard InChI is InChI=1S/C18H18F2N2O3S/c1-12(18(23)21-10-9-13-5-3-4-6-17(13)21)22(26(2,24)25)14-7-8-15(19)16(20)11-14/h3-8,11-12H,9-10H2,1-2H3. The number of nitrogens with zero attached hydrogens (tertiary/aromatic N) is 2. The first-order chi connectivity index (χ1) is 12.2. The molecule has 3 rings (SSSR count). The van der Waals surface area contributed by atoms with E-state index in [1.165, 1.54) is 11.8 Å². The Morgan fingerprint density at radius 2 is 1.85 bits per heavy atom. The summed E-state index contributed by atoms with van der Waals surface area (Å²) in [7, 11) is -3.90. The van der Waals surface area contributed by atoms with Crippen LogP contribution in [0.4, 0.5) is 20.2 Å². The van der Waals surface area contributed by atoms with Crippen LogP contribution in [-0.4, -0.2) is 33.2 Å². The van der Waals surface area contributed by atoms with Crippen LogP contribution in [0, 0.1) is 11.6 Å². The van der Waals surface area contributed by atoms with E-state index < -0.39 is 33.6 Å². The highest BCUT2D eigenvalue weighted by Crippen LogP contribution is 2.30. The molecule has 0 N–H and O–H groups in total. The Balaban J connectivity index is 1.97. The van der Waals surface area contributed by atoms with Gasteiger partial charge in [0.1, 0.15) is 6.04 Å². The highest BCUT2D eigenvalue weighted by atomic mass is 32.2. The summed E-state index contributed by atoms with van der Waals surface area (Å²) < 4.78 is 52.2. The molecule has 0 radical (unpaired) electrons. The number of carbonyl (C=O) groups is 1. The van der Waals surface area contributed by atoms with Crippen LogP contribution in [0.3, 0.4) is 0 Å². The lowest BCUT2D eigenvalue weighted by atomic mass is 10.2. The van der Waals surface area contributed by atoms with Gasteiger partial charge in [0, 0.05) is 18.3 Å². The lowest BCUT2D eigenvalue weighted by molar-refractivity contribution is -0.119. The SMILES string of the molecule is CC(C(=O)N1CCc2ccccc21)N(c1ccc(F)c(F)c1)S(C)(=O)=O. The topological polar surface area (TPSA) is 57.7 Å². The van der Waals surface area contributed by atoms with E-state index in [0.29, 0.717) is 13.0 Å². The number of para-hydroxylation sites is 1. The zero-order valence-corrected chi connectivity index (χ0v) is 15.1. The van der Waals surface area contributed by atoms with E-state index in [9.17, 15) is 22.0 Å². The van der Waals surface area contributed by atoms with Gasteiger partial charge < -0.3 is 4.90 Å². The minimum atomic E-state index is -3.90. The number of benzene rings is 2. The molecule has 1 amide bonds. The van der Waals surface area contributed by atoms with Crippen LogP contribution >= 0.6 is 0 Å². The lowest BCUT2D eigenvalue weighted by Crippen LogP contribution is -2.49. The maximum Gasteiger partial charge on any atom is 0.250 e. The first kappa shape index (κ1) is 18.3. The molecule has 0 aromatic heterocycles. The van der Waals surface area contributed by atoms with E-state index in [-0.39, 0.29) is 5.69 Å². The molecule has 1 heterocycles. The molecular weight excluding hydrogens is 362 g/mol. The van der Waals surface area contributed by atoms with Crippen molar-refractivity contribution in [3.8, 4) is 0 Å². The number of halogens is 2. The van der Waals surface area contributed by atoms with Crippen molar-refractivity contribution in [2.75, 3.05) is 22.0 Å². The molecule has 1 atom stereocenters. The second kappa shape index (κ2) is 6.68. The Morgan fingerprint density at radius 1 is 1.15 bits per heavy atom. The van der Waals surface area contributed by atoms with Gasteiger partial charge in [-0.05, 0) is 37.1 Å². The Morgan fingerprint density at radius 3 is 2.50 bits per heavy atom. The molecule has 0 aliphatic carbocycles. The fourth-order valence-electron chi connectivity index (χ4n) is 3.22. The molecule has 8 heteroatoms. The van der Waals surface area contributed by atoms with E-state index >= 15 is 0 Å². The van der Waals surface area contributed by atoms with Crippen molar-refractivity contribution in [2.24, 2.45) is 0 Å². The van der Waals surface area contributed by atoms with Crippen LogP contribution in [0.15, 0.2) is 42.5 Å². The summed E-state index contributed by atoms with van der Waals surface area (Å²) in [5.74, 6) is -2.69. The average Bonchev–Trinajstić information content (AvgIpc) is 3.00. The van der Waals surface area contributed by atoms with Crippen LogP contribution in [-0.2, 0) is 21.2 Å². The third-order valence-electron chi connectivity index (χ3n) is 4.38. The predicted molar refractivity (Wildman–Crippen MR) is 95.6 cm³/mol. The highest BCUT2D eigenvalue weighted by Gasteiger charge is 2.35. The summed E-state index contributed by atoms with van der Waals surface area (Å²) in [4.78, 5) is 14.5. The van der Waals surface area contributed by atoms with Crippen LogP contribution < -0.4 is 9.21 Å². The monoisotopic (exact) mass is 380 g/mol. The van der Waals surface area contributed by atoms with Crippen LogP contribution in [0.2, 0.25) is 0 Å². The second-order valence-electron chi connectivity index (χ2n) is 6.20. The van der Waals surface area contributed by atoms with E-state index in [2.05, 4.69) is 0 Å². The van der Waals surface area contributed by atoms with Gasteiger partial charge >= 0.3 is 0 Å². The lowest BCUT2D eigenvalue weighted by Gasteiger charge is -2.31. The average molecular weight is 380 g/mol. The Labute approximate surface area is 150 Å². The molecule has 1 aliphatic rings. The predicted octanol–water partition coefficient (Wildman–Crippen LogP) is 2.71. The molecule has 0 fully saturated rings. The zero-order valence-electron chi connectivity index (χ0n) is 14.3. The van der Waals surface area contributed by atoms with E-state index in [0.717, 1.165) is 40.0 Å². The van der Waals surface area contributed by atoms with E-state index in [1.54, 1.807) is 12.1 Å². The highest BCUT2D eigenvalue weighted by molar-refractivity contribution is 7.92. The van der Waals surface area contributed by atoms with E-state index in [4.69, 9.17) is 0 Å². The number of hydrogen-bond donors (Lipinski definition) is 0. The first-order valence-electron chi connectivity index (χ1n) is 8.04. The fourth-order valence-corrected chi connectivity index (χ4v) is 4.38. The van der Waals surface area contributed by atoms with Crippen molar-refractivity contribution in [1.29, 1.82) is 0 Å². The first-order valence-corrected chi connectivity index (χ1v) is 9.88. The number of hydrogen-bond acceptors (Lipinski definition) is 3. The summed E-state index contributed by atoms with van der Waals surface area (Å²) in [6.07, 6.45) is 1.61. The minimum Gasteiger partial charge on any atom is -0.310 e. The summed E-state index contributed by atoms with van der Waals surface area (Å²) in [5.41, 5.74) is 1.65. The van der Waals surface area contributed by atoms with Gasteiger partial charge in [-0.25, -0.2) is 17.2 Å². The molecule has 1 aliphatic heterocycles. The van der Waals surface area contributed by atoms with Gasteiger partial charge in [0.25, 0.3) is 5.91 Å². The van der Waals surface area contributed by atoms with Crippen molar-refractivity contribution < 1.29 is 22.0 Å². The fraction of sp³-hybridized carbons (Fsp3) is 0.278. The van der Waals surface area contributed by atoms with Gasteiger partial charge in [0.05, 0.1) is 11.9 Å². The van der Waals surface area contributed by atoms with Crippen molar-refractivity contribution >= 4 is 27.3 Å². The summed E-state index contributed by atoms with van der Waals surface area (Å²) in [5, 5.41) is 0. The van der Waals surface area contributed by atoms with Crippen molar-refractivity contribution in [1.82, 2.24) is 0 Å². The largest absolute Gasteiger partial charge is 0.310 e. The number of rotatable bonds is 4. The quantitative estimate of drug-likeness (QED) is 0.820. The molecule has 1 unspecified atom stereocenters. The molecule has 0 saturated carbocycles. The van der Waals surface area contributed by atoms with Crippen molar-refractivity contribution in [3.05, 3.63) is 59.7 Å². The van der Waals surface area contributed by atoms with Gasteiger partial charge in [-0.3, -0.25) is 9.10 Å².